The lowest BCUT2D eigenvalue weighted by Crippen LogP contribution is -2.39. The van der Waals surface area contributed by atoms with Gasteiger partial charge in [0.05, 0.1) is 6.42 Å². The number of rotatable bonds is 4. The minimum absolute atomic E-state index is 0.128. The van der Waals surface area contributed by atoms with Crippen molar-refractivity contribution in [3.8, 4) is 0 Å². The Bertz CT molecular complexity index is 591. The van der Waals surface area contributed by atoms with Gasteiger partial charge in [0, 0.05) is 17.8 Å². The summed E-state index contributed by atoms with van der Waals surface area (Å²) in [7, 11) is 0. The predicted molar refractivity (Wildman–Crippen MR) is 65.0 cm³/mol. The number of hydrogen-bond donors (Lipinski definition) is 3. The van der Waals surface area contributed by atoms with Crippen LogP contribution in [0.4, 0.5) is 0 Å². The summed E-state index contributed by atoms with van der Waals surface area (Å²) in [4.78, 5) is 29.4. The van der Waals surface area contributed by atoms with Crippen LogP contribution in [0.1, 0.15) is 12.5 Å². The maximum absolute atomic E-state index is 11.7. The molecule has 6 nitrogen and oxygen atoms in total. The van der Waals surface area contributed by atoms with E-state index >= 15 is 0 Å². The lowest BCUT2D eigenvalue weighted by atomic mass is 10.1. The lowest BCUT2D eigenvalue weighted by molar-refractivity contribution is -0.141. The number of nitrogens with one attached hydrogen (secondary N) is 2. The molecule has 0 saturated heterocycles. The normalized spacial score (nSPS) is 12.3. The summed E-state index contributed by atoms with van der Waals surface area (Å²) in [5.41, 5.74) is 1.51. The Morgan fingerprint density at radius 2 is 2.33 bits per heavy atom. The molecule has 0 aliphatic rings. The number of H-pyrrole nitrogens is 1. The molecule has 18 heavy (non-hydrogen) atoms. The minimum Gasteiger partial charge on any atom is -0.480 e. The largest absolute Gasteiger partial charge is 0.480 e. The molecule has 0 bridgehead atoms. The van der Waals surface area contributed by atoms with Crippen LogP contribution in [0, 0.1) is 0 Å². The van der Waals surface area contributed by atoms with E-state index in [9.17, 15) is 9.59 Å². The third-order valence-electron chi connectivity index (χ3n) is 2.64. The van der Waals surface area contributed by atoms with Gasteiger partial charge in [0.1, 0.15) is 11.7 Å². The number of carboxylic acids is 1. The van der Waals surface area contributed by atoms with Gasteiger partial charge in [0.2, 0.25) is 5.91 Å². The number of aromatic amines is 1. The first-order valence-electron chi connectivity index (χ1n) is 5.51. The highest BCUT2D eigenvalue weighted by Gasteiger charge is 2.15. The summed E-state index contributed by atoms with van der Waals surface area (Å²) < 4.78 is 0. The van der Waals surface area contributed by atoms with Crippen LogP contribution in [0.3, 0.4) is 0 Å². The van der Waals surface area contributed by atoms with Crippen molar-refractivity contribution in [1.82, 2.24) is 15.3 Å². The fourth-order valence-electron chi connectivity index (χ4n) is 1.69. The number of aliphatic carboxylic acids is 1. The Balaban J connectivity index is 2.10. The van der Waals surface area contributed by atoms with E-state index < -0.39 is 12.0 Å². The van der Waals surface area contributed by atoms with Crippen LogP contribution >= 0.6 is 0 Å². The fourth-order valence-corrected chi connectivity index (χ4v) is 1.69. The first-order valence-corrected chi connectivity index (χ1v) is 5.51. The Hall–Kier alpha value is -2.37. The molecule has 3 N–H and O–H groups in total. The third-order valence-corrected chi connectivity index (χ3v) is 2.64. The second kappa shape index (κ2) is 4.87. The van der Waals surface area contributed by atoms with E-state index in [4.69, 9.17) is 5.11 Å². The van der Waals surface area contributed by atoms with Gasteiger partial charge < -0.3 is 15.4 Å². The van der Waals surface area contributed by atoms with Crippen LogP contribution in [0.25, 0.3) is 11.0 Å². The van der Waals surface area contributed by atoms with E-state index in [1.165, 1.54) is 6.92 Å². The SMILES string of the molecule is CC(NC(=O)Cc1c[nH]c2ncccc12)C(=O)O. The van der Waals surface area contributed by atoms with Gasteiger partial charge in [0.25, 0.3) is 0 Å². The molecule has 0 radical (unpaired) electrons. The highest BCUT2D eigenvalue weighted by Crippen LogP contribution is 2.15. The molecule has 1 amide bonds. The lowest BCUT2D eigenvalue weighted by Gasteiger charge is -2.08. The number of fused-ring (bicyclic) bond motifs is 1. The Morgan fingerprint density at radius 1 is 1.56 bits per heavy atom. The molecule has 94 valence electrons. The summed E-state index contributed by atoms with van der Waals surface area (Å²) in [6.07, 6.45) is 3.50. The molecule has 2 heterocycles. The van der Waals surface area contributed by atoms with E-state index in [0.717, 1.165) is 10.9 Å². The number of aromatic nitrogens is 2. The summed E-state index contributed by atoms with van der Waals surface area (Å²) >= 11 is 0. The van der Waals surface area contributed by atoms with Crippen LogP contribution in [-0.2, 0) is 16.0 Å². The van der Waals surface area contributed by atoms with Crippen LogP contribution in [-0.4, -0.2) is 33.0 Å². The van der Waals surface area contributed by atoms with Gasteiger partial charge in [-0.15, -0.1) is 0 Å². The van der Waals surface area contributed by atoms with Crippen LogP contribution in [0.2, 0.25) is 0 Å². The number of carbonyl (C=O) groups excluding carboxylic acids is 1. The van der Waals surface area contributed by atoms with Crippen LogP contribution in [0.15, 0.2) is 24.5 Å². The van der Waals surface area contributed by atoms with Crippen molar-refractivity contribution in [2.75, 3.05) is 0 Å². The predicted octanol–water partition coefficient (Wildman–Crippen LogP) is 0.695. The highest BCUT2D eigenvalue weighted by molar-refractivity contribution is 5.89. The van der Waals surface area contributed by atoms with E-state index in [2.05, 4.69) is 15.3 Å². The zero-order valence-corrected chi connectivity index (χ0v) is 9.80. The number of hydrogen-bond acceptors (Lipinski definition) is 3. The van der Waals surface area contributed by atoms with Crippen molar-refractivity contribution in [3.63, 3.8) is 0 Å². The van der Waals surface area contributed by atoms with Gasteiger partial charge in [-0.3, -0.25) is 9.59 Å². The Kier molecular flexibility index (Phi) is 3.27. The quantitative estimate of drug-likeness (QED) is 0.741. The summed E-state index contributed by atoms with van der Waals surface area (Å²) in [6, 6.07) is 2.76. The zero-order valence-electron chi connectivity index (χ0n) is 9.80. The molecule has 6 heteroatoms. The molecule has 1 atom stereocenters. The van der Waals surface area contributed by atoms with Gasteiger partial charge in [-0.05, 0) is 24.6 Å². The molecule has 0 saturated carbocycles. The van der Waals surface area contributed by atoms with Gasteiger partial charge in [-0.2, -0.15) is 0 Å². The maximum atomic E-state index is 11.7. The Labute approximate surface area is 103 Å². The monoisotopic (exact) mass is 247 g/mol. The maximum Gasteiger partial charge on any atom is 0.325 e. The van der Waals surface area contributed by atoms with Crippen molar-refractivity contribution in [2.24, 2.45) is 0 Å². The van der Waals surface area contributed by atoms with Crippen molar-refractivity contribution >= 4 is 22.9 Å². The van der Waals surface area contributed by atoms with Crippen molar-refractivity contribution < 1.29 is 14.7 Å². The second-order valence-electron chi connectivity index (χ2n) is 4.02. The average molecular weight is 247 g/mol. The molecule has 0 spiro atoms. The molecule has 0 fully saturated rings. The number of carboxylic acid groups (broad SMARTS) is 1. The smallest absolute Gasteiger partial charge is 0.325 e. The number of pyridine rings is 1. The molecule has 2 aromatic rings. The third kappa shape index (κ3) is 2.48. The van der Waals surface area contributed by atoms with E-state index in [0.29, 0.717) is 5.65 Å². The number of amides is 1. The first kappa shape index (κ1) is 12.1. The van der Waals surface area contributed by atoms with Crippen molar-refractivity contribution in [1.29, 1.82) is 0 Å². The van der Waals surface area contributed by atoms with Gasteiger partial charge in [-0.1, -0.05) is 0 Å². The molecule has 1 unspecified atom stereocenters. The molecule has 0 aliphatic heterocycles. The van der Waals surface area contributed by atoms with Crippen LogP contribution < -0.4 is 5.32 Å². The molecular formula is C12H13N3O3. The minimum atomic E-state index is -1.05. The van der Waals surface area contributed by atoms with Crippen molar-refractivity contribution in [2.45, 2.75) is 19.4 Å². The van der Waals surface area contributed by atoms with Crippen molar-refractivity contribution in [3.05, 3.63) is 30.1 Å². The molecule has 0 aliphatic carbocycles. The van der Waals surface area contributed by atoms with Gasteiger partial charge in [0.15, 0.2) is 0 Å². The Morgan fingerprint density at radius 3 is 3.06 bits per heavy atom. The average Bonchev–Trinajstić information content (AvgIpc) is 2.72. The number of nitrogens with zero attached hydrogens (tertiary/aromatic N) is 1. The second-order valence-corrected chi connectivity index (χ2v) is 4.02. The summed E-state index contributed by atoms with van der Waals surface area (Å²) in [6.45, 7) is 1.43. The van der Waals surface area contributed by atoms with E-state index in [1.807, 2.05) is 6.07 Å². The van der Waals surface area contributed by atoms with E-state index in [1.54, 1.807) is 18.5 Å². The first-order chi connectivity index (χ1) is 8.58. The van der Waals surface area contributed by atoms with Gasteiger partial charge >= 0.3 is 5.97 Å². The zero-order chi connectivity index (χ0) is 13.1. The highest BCUT2D eigenvalue weighted by atomic mass is 16.4. The van der Waals surface area contributed by atoms with Gasteiger partial charge in [-0.25, -0.2) is 4.98 Å². The molecular weight excluding hydrogens is 234 g/mol. The standard InChI is InChI=1S/C12H13N3O3/c1-7(12(17)18)15-10(16)5-8-6-14-11-9(8)3-2-4-13-11/h2-4,6-7H,5H2,1H3,(H,13,14)(H,15,16)(H,17,18). The molecule has 0 aromatic carbocycles. The summed E-state index contributed by atoms with van der Waals surface area (Å²) in [5.74, 6) is -1.38. The molecule has 2 aromatic heterocycles. The van der Waals surface area contributed by atoms with Crippen LogP contribution in [0.5, 0.6) is 0 Å². The summed E-state index contributed by atoms with van der Waals surface area (Å²) in [5, 5.41) is 12.0. The topological polar surface area (TPSA) is 95.1 Å². The van der Waals surface area contributed by atoms with E-state index in [-0.39, 0.29) is 12.3 Å². The fraction of sp³-hybridized carbons (Fsp3) is 0.250. The molecule has 2 rings (SSSR count). The number of carbonyl (C=O) groups is 2.